The Morgan fingerprint density at radius 1 is 0.328 bits per heavy atom. The second-order valence-corrected chi connectivity index (χ2v) is 18.1. The topological polar surface area (TPSA) is 78.9 Å². The summed E-state index contributed by atoms with van der Waals surface area (Å²) in [4.78, 5) is 38.0. The van der Waals surface area contributed by atoms with Gasteiger partial charge in [0.1, 0.15) is 13.2 Å². The molecule has 0 aliphatic heterocycles. The molecule has 1 atom stereocenters. The molecule has 0 fully saturated rings. The van der Waals surface area contributed by atoms with Crippen LogP contribution in [-0.2, 0) is 28.6 Å². The Morgan fingerprint density at radius 3 is 0.953 bits per heavy atom. The number of ether oxygens (including phenoxy) is 3. The summed E-state index contributed by atoms with van der Waals surface area (Å²) in [6.45, 7) is 6.52. The zero-order chi connectivity index (χ0) is 46.5. The fourth-order valence-electron chi connectivity index (χ4n) is 7.70. The molecule has 0 aliphatic rings. The van der Waals surface area contributed by atoms with Gasteiger partial charge < -0.3 is 14.2 Å². The summed E-state index contributed by atoms with van der Waals surface area (Å²) >= 11 is 0. The van der Waals surface area contributed by atoms with Crippen molar-refractivity contribution in [3.8, 4) is 0 Å². The summed E-state index contributed by atoms with van der Waals surface area (Å²) < 4.78 is 16.8. The average Bonchev–Trinajstić information content (AvgIpc) is 3.29. The third-order valence-corrected chi connectivity index (χ3v) is 11.8. The number of allylic oxidation sites excluding steroid dienone is 10. The minimum absolute atomic E-state index is 0.0811. The Hall–Kier alpha value is -2.89. The molecule has 0 N–H and O–H groups in total. The van der Waals surface area contributed by atoms with Gasteiger partial charge in [-0.1, -0.05) is 248 Å². The molecule has 0 aliphatic carbocycles. The third kappa shape index (κ3) is 50.1. The number of carbonyl (C=O) groups excluding carboxylic acids is 3. The van der Waals surface area contributed by atoms with Gasteiger partial charge in [-0.15, -0.1) is 0 Å². The number of carbonyl (C=O) groups is 3. The van der Waals surface area contributed by atoms with Gasteiger partial charge in [0.15, 0.2) is 6.10 Å². The molecular weight excluding hydrogens is 793 g/mol. The monoisotopic (exact) mass is 895 g/mol. The molecule has 0 aromatic carbocycles. The van der Waals surface area contributed by atoms with Crippen molar-refractivity contribution in [2.75, 3.05) is 13.2 Å². The van der Waals surface area contributed by atoms with E-state index in [1.807, 2.05) is 0 Å². The van der Waals surface area contributed by atoms with Gasteiger partial charge in [0.2, 0.25) is 0 Å². The van der Waals surface area contributed by atoms with Crippen LogP contribution in [0, 0.1) is 0 Å². The molecule has 0 unspecified atom stereocenters. The van der Waals surface area contributed by atoms with Crippen LogP contribution in [0.4, 0.5) is 0 Å². The summed E-state index contributed by atoms with van der Waals surface area (Å²) in [5.74, 6) is -0.904. The number of unbranched alkanes of at least 4 members (excludes halogenated alkanes) is 28. The minimum atomic E-state index is -0.783. The fourth-order valence-corrected chi connectivity index (χ4v) is 7.70. The Morgan fingerprint density at radius 2 is 0.609 bits per heavy atom. The highest BCUT2D eigenvalue weighted by molar-refractivity contribution is 5.71. The molecule has 6 nitrogen and oxygen atoms in total. The van der Waals surface area contributed by atoms with Gasteiger partial charge in [0, 0.05) is 19.3 Å². The van der Waals surface area contributed by atoms with Gasteiger partial charge >= 0.3 is 17.9 Å². The molecule has 0 saturated carbocycles. The van der Waals surface area contributed by atoms with E-state index in [0.29, 0.717) is 19.3 Å². The zero-order valence-electron chi connectivity index (χ0n) is 42.3. The molecule has 0 radical (unpaired) electrons. The standard InChI is InChI=1S/C58H102O6/c1-4-7-10-13-16-19-22-25-27-28-29-30-31-34-36-39-42-45-48-51-57(60)63-54-55(53-62-56(59)50-47-44-41-38-35-32-24-21-18-15-12-9-6-3)64-58(61)52-49-46-43-40-37-33-26-23-20-17-14-11-8-5-2/h7,10,16,19,25,27,29-30,34,36,55H,4-6,8-9,11-15,17-18,20-24,26,28,31-33,35,37-54H2,1-3H3/b10-7-,19-16-,27-25-,30-29-,36-34-/t55-/m1/s1. The predicted octanol–water partition coefficient (Wildman–Crippen LogP) is 18.0. The fraction of sp³-hybridized carbons (Fsp3) is 0.776. The van der Waals surface area contributed by atoms with Gasteiger partial charge in [-0.25, -0.2) is 0 Å². The third-order valence-electron chi connectivity index (χ3n) is 11.8. The largest absolute Gasteiger partial charge is 0.462 e. The summed E-state index contributed by atoms with van der Waals surface area (Å²) in [6.07, 6.45) is 64.9. The van der Waals surface area contributed by atoms with Crippen LogP contribution < -0.4 is 0 Å². The highest BCUT2D eigenvalue weighted by Gasteiger charge is 2.19. The van der Waals surface area contributed by atoms with Gasteiger partial charge in [-0.2, -0.15) is 0 Å². The van der Waals surface area contributed by atoms with Crippen LogP contribution >= 0.6 is 0 Å². The summed E-state index contributed by atoms with van der Waals surface area (Å²) in [7, 11) is 0. The second kappa shape index (κ2) is 52.7. The molecule has 0 saturated heterocycles. The molecule has 0 bridgehead atoms. The average molecular weight is 895 g/mol. The Labute approximate surface area is 396 Å². The molecule has 0 aromatic heterocycles. The SMILES string of the molecule is CC/C=C\C/C=C\C/C=C\C/C=C\C/C=C\CCCCCC(=O)OC[C@@H](COC(=O)CCCCCCCCCCCCCCC)OC(=O)CCCCCCCCCCCCCCCC. The van der Waals surface area contributed by atoms with E-state index in [0.717, 1.165) is 96.3 Å². The van der Waals surface area contributed by atoms with Crippen LogP contribution in [0.5, 0.6) is 0 Å². The predicted molar refractivity (Wildman–Crippen MR) is 275 cm³/mol. The molecule has 0 heterocycles. The molecule has 0 spiro atoms. The van der Waals surface area contributed by atoms with E-state index in [1.165, 1.54) is 135 Å². The van der Waals surface area contributed by atoms with Crippen molar-refractivity contribution in [3.63, 3.8) is 0 Å². The first kappa shape index (κ1) is 61.1. The molecular formula is C58H102O6. The van der Waals surface area contributed by atoms with Crippen molar-refractivity contribution >= 4 is 17.9 Å². The lowest BCUT2D eigenvalue weighted by molar-refractivity contribution is -0.167. The second-order valence-electron chi connectivity index (χ2n) is 18.1. The van der Waals surface area contributed by atoms with Gasteiger partial charge in [0.25, 0.3) is 0 Å². The van der Waals surface area contributed by atoms with Crippen molar-refractivity contribution in [1.82, 2.24) is 0 Å². The van der Waals surface area contributed by atoms with Crippen LogP contribution in [0.15, 0.2) is 60.8 Å². The van der Waals surface area contributed by atoms with Crippen LogP contribution in [0.2, 0.25) is 0 Å². The highest BCUT2D eigenvalue weighted by atomic mass is 16.6. The van der Waals surface area contributed by atoms with Gasteiger partial charge in [-0.05, 0) is 64.2 Å². The summed E-state index contributed by atoms with van der Waals surface area (Å²) in [6, 6.07) is 0. The first-order valence-corrected chi connectivity index (χ1v) is 27.3. The molecule has 0 amide bonds. The maximum Gasteiger partial charge on any atom is 0.306 e. The molecule has 0 rings (SSSR count). The highest BCUT2D eigenvalue weighted by Crippen LogP contribution is 2.16. The smallest absolute Gasteiger partial charge is 0.306 e. The van der Waals surface area contributed by atoms with E-state index < -0.39 is 6.10 Å². The molecule has 64 heavy (non-hydrogen) atoms. The lowest BCUT2D eigenvalue weighted by Gasteiger charge is -2.18. The lowest BCUT2D eigenvalue weighted by Crippen LogP contribution is -2.30. The van der Waals surface area contributed by atoms with Crippen LogP contribution in [0.25, 0.3) is 0 Å². The van der Waals surface area contributed by atoms with E-state index in [4.69, 9.17) is 14.2 Å². The van der Waals surface area contributed by atoms with Crippen LogP contribution in [-0.4, -0.2) is 37.2 Å². The van der Waals surface area contributed by atoms with Crippen molar-refractivity contribution in [2.45, 2.75) is 277 Å². The van der Waals surface area contributed by atoms with Crippen molar-refractivity contribution in [1.29, 1.82) is 0 Å². The van der Waals surface area contributed by atoms with Crippen molar-refractivity contribution < 1.29 is 28.6 Å². The Bertz CT molecular complexity index is 1170. The Balaban J connectivity index is 4.41. The first-order valence-electron chi connectivity index (χ1n) is 27.3. The van der Waals surface area contributed by atoms with Crippen LogP contribution in [0.3, 0.4) is 0 Å². The van der Waals surface area contributed by atoms with E-state index in [1.54, 1.807) is 0 Å². The van der Waals surface area contributed by atoms with Crippen LogP contribution in [0.1, 0.15) is 271 Å². The minimum Gasteiger partial charge on any atom is -0.462 e. The van der Waals surface area contributed by atoms with E-state index in [-0.39, 0.29) is 31.1 Å². The van der Waals surface area contributed by atoms with E-state index >= 15 is 0 Å². The first-order chi connectivity index (χ1) is 31.5. The lowest BCUT2D eigenvalue weighted by atomic mass is 10.0. The summed E-state index contributed by atoms with van der Waals surface area (Å²) in [5.41, 5.74) is 0. The number of rotatable bonds is 49. The van der Waals surface area contributed by atoms with E-state index in [9.17, 15) is 14.4 Å². The summed E-state index contributed by atoms with van der Waals surface area (Å²) in [5, 5.41) is 0. The molecule has 370 valence electrons. The maximum atomic E-state index is 12.8. The quantitative estimate of drug-likeness (QED) is 0.0262. The van der Waals surface area contributed by atoms with Gasteiger partial charge in [0.05, 0.1) is 0 Å². The molecule has 0 aromatic rings. The van der Waals surface area contributed by atoms with Crippen molar-refractivity contribution in [3.05, 3.63) is 60.8 Å². The maximum absolute atomic E-state index is 12.8. The normalized spacial score (nSPS) is 12.5. The number of hydrogen-bond donors (Lipinski definition) is 0. The van der Waals surface area contributed by atoms with Crippen molar-refractivity contribution in [2.24, 2.45) is 0 Å². The van der Waals surface area contributed by atoms with E-state index in [2.05, 4.69) is 81.5 Å². The molecule has 6 heteroatoms. The Kier molecular flexibility index (Phi) is 50.4. The zero-order valence-corrected chi connectivity index (χ0v) is 42.3. The van der Waals surface area contributed by atoms with Gasteiger partial charge in [-0.3, -0.25) is 14.4 Å². The number of hydrogen-bond acceptors (Lipinski definition) is 6. The number of esters is 3.